The number of hydrogen-bond donors (Lipinski definition) is 7. The maximum absolute atomic E-state index is 13.0. The predicted molar refractivity (Wildman–Crippen MR) is 251 cm³/mol. The van der Waals surface area contributed by atoms with Crippen LogP contribution in [-0.4, -0.2) is 109 Å². The van der Waals surface area contributed by atoms with E-state index in [4.69, 9.17) is 28.3 Å². The van der Waals surface area contributed by atoms with Gasteiger partial charge in [0.15, 0.2) is 6.10 Å². The molecular weight excluding hydrogens is 898 g/mol. The average Bonchev–Trinajstić information content (AvgIpc) is 3.26. The van der Waals surface area contributed by atoms with Crippen LogP contribution >= 0.6 is 15.6 Å². The zero-order chi connectivity index (χ0) is 49.1. The fourth-order valence-corrected chi connectivity index (χ4v) is 9.69. The first-order chi connectivity index (χ1) is 31.5. The second-order valence-electron chi connectivity index (χ2n) is 18.2. The second kappa shape index (κ2) is 38.4. The number of ketones is 1. The van der Waals surface area contributed by atoms with Crippen molar-refractivity contribution in [1.29, 1.82) is 0 Å². The van der Waals surface area contributed by atoms with Gasteiger partial charge in [0.1, 0.15) is 49.0 Å². The zero-order valence-corrected chi connectivity index (χ0v) is 42.2. The Hall–Kier alpha value is -1.33. The fraction of sp³-hybridized carbons (Fsp3) is 0.936. The molecule has 0 aliphatic heterocycles. The van der Waals surface area contributed by atoms with E-state index in [1.807, 2.05) is 6.92 Å². The Morgan fingerprint density at radius 2 is 0.788 bits per heavy atom. The monoisotopic (exact) mass is 989 g/mol. The van der Waals surface area contributed by atoms with Crippen LogP contribution in [0.15, 0.2) is 0 Å². The highest BCUT2D eigenvalue weighted by atomic mass is 31.2. The smallest absolute Gasteiger partial charge is 0.462 e. The van der Waals surface area contributed by atoms with Crippen LogP contribution in [-0.2, 0) is 46.6 Å². The summed E-state index contributed by atoms with van der Waals surface area (Å²) in [5, 5.41) is 41.5. The van der Waals surface area contributed by atoms with Gasteiger partial charge in [0.05, 0.1) is 6.61 Å². The highest BCUT2D eigenvalue weighted by Crippen LogP contribution is 2.48. The first-order valence-corrected chi connectivity index (χ1v) is 28.5. The molecule has 0 aromatic heterocycles. The van der Waals surface area contributed by atoms with Gasteiger partial charge in [0, 0.05) is 25.7 Å². The minimum absolute atomic E-state index is 0.0501. The SMILES string of the molecule is CCCCCCCCCCCCCCCC(=O)O[C@H](COC(=O)CCCCCCCCCCCCCCCCCC(=O)CCC)COP(=O)(O)OC1C(O)[C@@H](O)C(OP(=O)(O)O)[C@@H](O)[C@H]1O. The van der Waals surface area contributed by atoms with E-state index in [9.17, 15) is 48.8 Å². The predicted octanol–water partition coefficient (Wildman–Crippen LogP) is 9.36. The van der Waals surface area contributed by atoms with Gasteiger partial charge in [0.2, 0.25) is 0 Å². The number of carbonyl (C=O) groups is 3. The molecule has 0 amide bonds. The van der Waals surface area contributed by atoms with E-state index in [0.717, 1.165) is 77.0 Å². The van der Waals surface area contributed by atoms with Crippen LogP contribution in [0.4, 0.5) is 0 Å². The van der Waals surface area contributed by atoms with Crippen molar-refractivity contribution in [3.05, 3.63) is 0 Å². The van der Waals surface area contributed by atoms with Crippen LogP contribution in [0.2, 0.25) is 0 Å². The van der Waals surface area contributed by atoms with Crippen LogP contribution < -0.4 is 0 Å². The Kier molecular flexibility index (Phi) is 36.5. The van der Waals surface area contributed by atoms with Crippen molar-refractivity contribution in [1.82, 2.24) is 0 Å². The minimum Gasteiger partial charge on any atom is -0.462 e. The van der Waals surface area contributed by atoms with Gasteiger partial charge in [-0.25, -0.2) is 9.13 Å². The van der Waals surface area contributed by atoms with Crippen LogP contribution in [0.25, 0.3) is 0 Å². The summed E-state index contributed by atoms with van der Waals surface area (Å²) in [4.78, 5) is 65.7. The van der Waals surface area contributed by atoms with Gasteiger partial charge in [-0.1, -0.05) is 174 Å². The molecule has 0 spiro atoms. The quantitative estimate of drug-likeness (QED) is 0.0170. The van der Waals surface area contributed by atoms with Gasteiger partial charge in [0.25, 0.3) is 0 Å². The van der Waals surface area contributed by atoms with Crippen molar-refractivity contribution in [2.45, 2.75) is 268 Å². The summed E-state index contributed by atoms with van der Waals surface area (Å²) in [5.41, 5.74) is 0. The molecule has 390 valence electrons. The lowest BCUT2D eigenvalue weighted by Crippen LogP contribution is -2.64. The maximum Gasteiger partial charge on any atom is 0.472 e. The Labute approximate surface area is 395 Å². The van der Waals surface area contributed by atoms with Crippen LogP contribution in [0.3, 0.4) is 0 Å². The Balaban J connectivity index is 2.48. The number of carbonyl (C=O) groups excluding carboxylic acids is 3. The molecular formula is C47H90O17P2. The molecule has 1 aliphatic rings. The summed E-state index contributed by atoms with van der Waals surface area (Å²) in [6.45, 7) is 2.94. The summed E-state index contributed by atoms with van der Waals surface area (Å²) in [5.74, 6) is -0.802. The first kappa shape index (κ1) is 62.7. The van der Waals surface area contributed by atoms with E-state index in [2.05, 4.69) is 11.4 Å². The molecule has 0 bridgehead atoms. The molecule has 1 saturated carbocycles. The molecule has 1 aliphatic carbocycles. The van der Waals surface area contributed by atoms with Crippen molar-refractivity contribution >= 4 is 33.4 Å². The molecule has 17 nitrogen and oxygen atoms in total. The fourth-order valence-electron chi connectivity index (χ4n) is 8.15. The van der Waals surface area contributed by atoms with Crippen molar-refractivity contribution in [2.24, 2.45) is 0 Å². The third-order valence-corrected chi connectivity index (χ3v) is 13.6. The molecule has 0 heterocycles. The van der Waals surface area contributed by atoms with Gasteiger partial charge < -0.3 is 44.6 Å². The normalized spacial score (nSPS) is 21.3. The molecule has 0 aromatic rings. The number of phosphoric acid groups is 2. The largest absolute Gasteiger partial charge is 0.472 e. The van der Waals surface area contributed by atoms with Gasteiger partial charge in [-0.05, 0) is 25.7 Å². The number of rotatable bonds is 44. The van der Waals surface area contributed by atoms with E-state index in [-0.39, 0.29) is 12.8 Å². The van der Waals surface area contributed by atoms with E-state index >= 15 is 0 Å². The highest BCUT2D eigenvalue weighted by Gasteiger charge is 2.54. The van der Waals surface area contributed by atoms with Gasteiger partial charge in [-0.3, -0.25) is 28.0 Å². The van der Waals surface area contributed by atoms with Crippen molar-refractivity contribution in [2.75, 3.05) is 13.2 Å². The van der Waals surface area contributed by atoms with Crippen molar-refractivity contribution < 1.29 is 81.7 Å². The van der Waals surface area contributed by atoms with Crippen molar-refractivity contribution in [3.8, 4) is 0 Å². The molecule has 8 atom stereocenters. The molecule has 0 aromatic carbocycles. The van der Waals surface area contributed by atoms with Gasteiger partial charge in [-0.15, -0.1) is 0 Å². The number of esters is 2. The van der Waals surface area contributed by atoms with E-state index in [0.29, 0.717) is 25.0 Å². The molecule has 19 heteroatoms. The summed E-state index contributed by atoms with van der Waals surface area (Å²) < 4.78 is 49.2. The van der Waals surface area contributed by atoms with Gasteiger partial charge >= 0.3 is 27.6 Å². The number of Topliss-reactive ketones (excluding diaryl/α,β-unsaturated/α-hetero) is 1. The Morgan fingerprint density at radius 1 is 0.439 bits per heavy atom. The Morgan fingerprint density at radius 3 is 1.17 bits per heavy atom. The molecule has 66 heavy (non-hydrogen) atoms. The summed E-state index contributed by atoms with van der Waals surface area (Å²) in [7, 11) is -10.6. The maximum atomic E-state index is 13.0. The molecule has 0 radical (unpaired) electrons. The van der Waals surface area contributed by atoms with Crippen molar-refractivity contribution in [3.63, 3.8) is 0 Å². The molecule has 0 saturated heterocycles. The molecule has 7 N–H and O–H groups in total. The lowest BCUT2D eigenvalue weighted by Gasteiger charge is -2.43. The van der Waals surface area contributed by atoms with Crippen LogP contribution in [0.5, 0.6) is 0 Å². The van der Waals surface area contributed by atoms with E-state index in [1.165, 1.54) is 103 Å². The molecule has 4 unspecified atom stereocenters. The second-order valence-corrected chi connectivity index (χ2v) is 20.8. The Bertz CT molecular complexity index is 1330. The number of unbranched alkanes of at least 4 members (excludes halogenated alkanes) is 26. The lowest BCUT2D eigenvalue weighted by molar-refractivity contribution is -0.216. The number of hydrogen-bond acceptors (Lipinski definition) is 14. The third kappa shape index (κ3) is 32.5. The number of phosphoric ester groups is 2. The average molecular weight is 989 g/mol. The number of ether oxygens (including phenoxy) is 2. The summed E-state index contributed by atoms with van der Waals surface area (Å²) in [6.07, 6.45) is 19.0. The van der Waals surface area contributed by atoms with E-state index < -0.39 is 83.5 Å². The highest BCUT2D eigenvalue weighted by molar-refractivity contribution is 7.47. The van der Waals surface area contributed by atoms with Gasteiger partial charge in [-0.2, -0.15) is 0 Å². The van der Waals surface area contributed by atoms with Crippen LogP contribution in [0.1, 0.15) is 226 Å². The number of aliphatic hydroxyl groups excluding tert-OH is 4. The molecule has 1 rings (SSSR count). The first-order valence-electron chi connectivity index (χ1n) is 25.5. The minimum atomic E-state index is -5.31. The summed E-state index contributed by atoms with van der Waals surface area (Å²) in [6, 6.07) is 0. The zero-order valence-electron chi connectivity index (χ0n) is 40.4. The summed E-state index contributed by atoms with van der Waals surface area (Å²) >= 11 is 0. The topological polar surface area (TPSA) is 273 Å². The standard InChI is InChI=1S/C47H90O17P2/c1-3-5-6-7-8-9-10-14-19-22-25-28-31-35-41(50)62-39(37-61-66(58,59)64-47-44(53)42(51)46(43(52)45(47)54)63-65(55,56)57)36-60-40(49)34-30-27-24-21-18-16-13-11-12-15-17-20-23-26-29-33-38(48)32-4-2/h39,42-47,51-54H,3-37H2,1-2H3,(H,58,59)(H2,55,56,57)/t39-,42-,43+,44?,45-,46?,47?/m1/s1. The third-order valence-electron chi connectivity index (χ3n) is 12.1. The lowest BCUT2D eigenvalue weighted by atomic mass is 9.85. The molecule has 1 fully saturated rings. The van der Waals surface area contributed by atoms with Crippen LogP contribution in [0, 0.1) is 0 Å². The van der Waals surface area contributed by atoms with E-state index in [1.54, 1.807) is 0 Å². The number of aliphatic hydroxyl groups is 4.